The Labute approximate surface area is 153 Å². The molecule has 0 aliphatic carbocycles. The molecule has 0 heterocycles. The number of aldehydes is 1. The Kier molecular flexibility index (Phi) is 6.97. The summed E-state index contributed by atoms with van der Waals surface area (Å²) in [6.07, 6.45) is 0.605. The van der Waals surface area contributed by atoms with Crippen LogP contribution in [-0.4, -0.2) is 39.7 Å². The normalized spacial score (nSPS) is 10.2. The molecule has 0 aromatic heterocycles. The first kappa shape index (κ1) is 19.0. The summed E-state index contributed by atoms with van der Waals surface area (Å²) in [4.78, 5) is 23.6. The topological polar surface area (TPSA) is 71.1 Å². The van der Waals surface area contributed by atoms with Gasteiger partial charge in [0.25, 0.3) is 0 Å². The summed E-state index contributed by atoms with van der Waals surface area (Å²) >= 11 is 3.35. The molecule has 132 valence electrons. The van der Waals surface area contributed by atoms with Gasteiger partial charge < -0.3 is 18.9 Å². The molecule has 0 saturated carbocycles. The Hall–Kier alpha value is -2.38. The largest absolute Gasteiger partial charge is 0.493 e. The molecule has 0 aliphatic rings. The minimum atomic E-state index is -0.614. The molecule has 0 fully saturated rings. The summed E-state index contributed by atoms with van der Waals surface area (Å²) in [5, 5.41) is 0. The van der Waals surface area contributed by atoms with Gasteiger partial charge in [0, 0.05) is 7.11 Å². The fourth-order valence-electron chi connectivity index (χ4n) is 2.03. The van der Waals surface area contributed by atoms with Crippen molar-refractivity contribution in [2.75, 3.05) is 27.4 Å². The number of hydrogen-bond donors (Lipinski definition) is 0. The molecule has 6 nitrogen and oxygen atoms in total. The minimum absolute atomic E-state index is 0.0848. The van der Waals surface area contributed by atoms with Gasteiger partial charge >= 0.3 is 5.97 Å². The molecule has 0 N–H and O–H groups in total. The average Bonchev–Trinajstić information content (AvgIpc) is 2.63. The molecule has 25 heavy (non-hydrogen) atoms. The van der Waals surface area contributed by atoms with Crippen molar-refractivity contribution < 1.29 is 28.5 Å². The third kappa shape index (κ3) is 4.80. The maximum absolute atomic E-state index is 12.4. The fourth-order valence-corrected chi connectivity index (χ4v) is 2.52. The van der Waals surface area contributed by atoms with Gasteiger partial charge in [-0.05, 0) is 46.3 Å². The van der Waals surface area contributed by atoms with Gasteiger partial charge in [-0.1, -0.05) is 6.07 Å². The van der Waals surface area contributed by atoms with Crippen LogP contribution in [0.4, 0.5) is 0 Å². The zero-order chi connectivity index (χ0) is 18.2. The summed E-state index contributed by atoms with van der Waals surface area (Å²) in [6.45, 7) is 0.849. The van der Waals surface area contributed by atoms with Gasteiger partial charge in [0.05, 0.1) is 29.3 Å². The molecular formula is C18H17BrO6. The third-order valence-electron chi connectivity index (χ3n) is 3.26. The van der Waals surface area contributed by atoms with E-state index in [4.69, 9.17) is 18.9 Å². The predicted molar refractivity (Wildman–Crippen MR) is 94.9 cm³/mol. The van der Waals surface area contributed by atoms with Crippen LogP contribution in [0.15, 0.2) is 40.9 Å². The molecule has 0 spiro atoms. The number of halogens is 1. The molecule has 0 unspecified atom stereocenters. The van der Waals surface area contributed by atoms with Crippen LogP contribution in [0.2, 0.25) is 0 Å². The van der Waals surface area contributed by atoms with Crippen molar-refractivity contribution in [2.45, 2.75) is 0 Å². The standard InChI is InChI=1S/C18H17BrO6/c1-22-8-9-24-15-7-6-12(10-14(15)19)18(21)25-17-13(11-20)4-3-5-16(17)23-2/h3-7,10-11H,8-9H2,1-2H3. The van der Waals surface area contributed by atoms with Crippen LogP contribution in [0.25, 0.3) is 0 Å². The summed E-state index contributed by atoms with van der Waals surface area (Å²) in [7, 11) is 3.02. The van der Waals surface area contributed by atoms with Gasteiger partial charge in [0.1, 0.15) is 12.4 Å². The molecule has 0 radical (unpaired) electrons. The lowest BCUT2D eigenvalue weighted by Gasteiger charge is -2.12. The number of benzene rings is 2. The highest BCUT2D eigenvalue weighted by Gasteiger charge is 2.17. The summed E-state index contributed by atoms with van der Waals surface area (Å²) in [5.41, 5.74) is 0.528. The van der Waals surface area contributed by atoms with Gasteiger partial charge in [-0.3, -0.25) is 4.79 Å². The highest BCUT2D eigenvalue weighted by molar-refractivity contribution is 9.10. The molecule has 0 bridgehead atoms. The van der Waals surface area contributed by atoms with E-state index in [1.165, 1.54) is 7.11 Å². The quantitative estimate of drug-likeness (QED) is 0.288. The van der Waals surface area contributed by atoms with E-state index < -0.39 is 5.97 Å². The molecule has 0 saturated heterocycles. The molecule has 0 amide bonds. The van der Waals surface area contributed by atoms with E-state index >= 15 is 0 Å². The Morgan fingerprint density at radius 2 is 1.92 bits per heavy atom. The number of para-hydroxylation sites is 1. The second kappa shape index (κ2) is 9.19. The van der Waals surface area contributed by atoms with E-state index in [9.17, 15) is 9.59 Å². The van der Waals surface area contributed by atoms with Crippen molar-refractivity contribution in [2.24, 2.45) is 0 Å². The van der Waals surface area contributed by atoms with Crippen LogP contribution >= 0.6 is 15.9 Å². The lowest BCUT2D eigenvalue weighted by Crippen LogP contribution is -2.11. The average molecular weight is 409 g/mol. The van der Waals surface area contributed by atoms with E-state index in [1.54, 1.807) is 43.5 Å². The third-order valence-corrected chi connectivity index (χ3v) is 3.88. The Bertz CT molecular complexity index is 759. The van der Waals surface area contributed by atoms with E-state index in [1.807, 2.05) is 0 Å². The summed E-state index contributed by atoms with van der Waals surface area (Å²) < 4.78 is 21.5. The van der Waals surface area contributed by atoms with Crippen LogP contribution in [-0.2, 0) is 4.74 Å². The molecule has 2 rings (SSSR count). The first-order valence-corrected chi connectivity index (χ1v) is 8.15. The van der Waals surface area contributed by atoms with Gasteiger partial charge in [0.15, 0.2) is 17.8 Å². The zero-order valence-corrected chi connectivity index (χ0v) is 15.4. The summed E-state index contributed by atoms with van der Waals surface area (Å²) in [5.74, 6) is 0.356. The van der Waals surface area contributed by atoms with E-state index in [2.05, 4.69) is 15.9 Å². The first-order valence-electron chi connectivity index (χ1n) is 7.36. The molecule has 0 aliphatic heterocycles. The molecule has 2 aromatic rings. The second-order valence-corrected chi connectivity index (χ2v) is 5.73. The minimum Gasteiger partial charge on any atom is -0.493 e. The van der Waals surface area contributed by atoms with Crippen molar-refractivity contribution in [3.63, 3.8) is 0 Å². The van der Waals surface area contributed by atoms with Crippen molar-refractivity contribution in [3.05, 3.63) is 52.0 Å². The number of rotatable bonds is 8. The van der Waals surface area contributed by atoms with Crippen LogP contribution < -0.4 is 14.2 Å². The van der Waals surface area contributed by atoms with E-state index in [0.717, 1.165) is 0 Å². The maximum Gasteiger partial charge on any atom is 0.343 e. The number of carbonyl (C=O) groups excluding carboxylic acids is 2. The molecular weight excluding hydrogens is 392 g/mol. The predicted octanol–water partition coefficient (Wildman–Crippen LogP) is 3.51. The van der Waals surface area contributed by atoms with Gasteiger partial charge in [-0.15, -0.1) is 0 Å². The van der Waals surface area contributed by atoms with Crippen LogP contribution in [0.3, 0.4) is 0 Å². The van der Waals surface area contributed by atoms with E-state index in [-0.39, 0.29) is 11.3 Å². The number of carbonyl (C=O) groups is 2. The van der Waals surface area contributed by atoms with Crippen molar-refractivity contribution >= 4 is 28.2 Å². The highest BCUT2D eigenvalue weighted by atomic mass is 79.9. The number of esters is 1. The maximum atomic E-state index is 12.4. The van der Waals surface area contributed by atoms with Crippen molar-refractivity contribution in [1.82, 2.24) is 0 Å². The van der Waals surface area contributed by atoms with Crippen molar-refractivity contribution in [1.29, 1.82) is 0 Å². The SMILES string of the molecule is COCCOc1ccc(C(=O)Oc2c(C=O)cccc2OC)cc1Br. The molecule has 7 heteroatoms. The molecule has 2 aromatic carbocycles. The highest BCUT2D eigenvalue weighted by Crippen LogP contribution is 2.32. The lowest BCUT2D eigenvalue weighted by atomic mass is 10.2. The Balaban J connectivity index is 2.19. The number of hydrogen-bond acceptors (Lipinski definition) is 6. The summed E-state index contributed by atoms with van der Waals surface area (Å²) in [6, 6.07) is 9.60. The molecule has 0 atom stereocenters. The fraction of sp³-hybridized carbons (Fsp3) is 0.222. The lowest BCUT2D eigenvalue weighted by molar-refractivity contribution is 0.0728. The van der Waals surface area contributed by atoms with Crippen molar-refractivity contribution in [3.8, 4) is 17.2 Å². The van der Waals surface area contributed by atoms with Crippen LogP contribution in [0, 0.1) is 0 Å². The van der Waals surface area contributed by atoms with Crippen LogP contribution in [0.1, 0.15) is 20.7 Å². The first-order chi connectivity index (χ1) is 12.1. The zero-order valence-electron chi connectivity index (χ0n) is 13.8. The Morgan fingerprint density at radius 3 is 2.56 bits per heavy atom. The smallest absolute Gasteiger partial charge is 0.343 e. The monoisotopic (exact) mass is 408 g/mol. The van der Waals surface area contributed by atoms with Gasteiger partial charge in [0.2, 0.25) is 0 Å². The Morgan fingerprint density at radius 1 is 1.12 bits per heavy atom. The number of ether oxygens (including phenoxy) is 4. The van der Waals surface area contributed by atoms with E-state index in [0.29, 0.717) is 41.0 Å². The second-order valence-electron chi connectivity index (χ2n) is 4.87. The van der Waals surface area contributed by atoms with Gasteiger partial charge in [-0.2, -0.15) is 0 Å². The van der Waals surface area contributed by atoms with Crippen LogP contribution in [0.5, 0.6) is 17.2 Å². The van der Waals surface area contributed by atoms with Gasteiger partial charge in [-0.25, -0.2) is 4.79 Å². The number of methoxy groups -OCH3 is 2.